The van der Waals surface area contributed by atoms with Crippen molar-refractivity contribution in [3.05, 3.63) is 24.3 Å². The van der Waals surface area contributed by atoms with Crippen molar-refractivity contribution in [3.63, 3.8) is 0 Å². The first kappa shape index (κ1) is 26.2. The number of aromatic nitrogens is 4. The van der Waals surface area contributed by atoms with Gasteiger partial charge in [0, 0.05) is 64.2 Å². The van der Waals surface area contributed by atoms with Crippen molar-refractivity contribution in [1.82, 2.24) is 30.2 Å². The molecule has 36 heavy (non-hydrogen) atoms. The van der Waals surface area contributed by atoms with E-state index in [0.29, 0.717) is 73.1 Å². The molecule has 11 heteroatoms. The van der Waals surface area contributed by atoms with E-state index in [4.69, 9.17) is 14.7 Å². The zero-order chi connectivity index (χ0) is 25.3. The molecular formula is C25H40N10O. The monoisotopic (exact) mass is 496 g/mol. The van der Waals surface area contributed by atoms with Gasteiger partial charge in [-0.15, -0.1) is 0 Å². The first-order chi connectivity index (χ1) is 17.6. The molecule has 2 saturated heterocycles. The number of piperazine rings is 1. The average Bonchev–Trinajstić information content (AvgIpc) is 2.90. The summed E-state index contributed by atoms with van der Waals surface area (Å²) in [6.45, 7) is 12.2. The second-order valence-corrected chi connectivity index (χ2v) is 9.46. The maximum absolute atomic E-state index is 9.20. The Labute approximate surface area is 214 Å². The molecule has 0 bridgehead atoms. The number of anilines is 4. The van der Waals surface area contributed by atoms with Crippen LogP contribution in [0.1, 0.15) is 45.7 Å². The van der Waals surface area contributed by atoms with Gasteiger partial charge in [0.2, 0.25) is 5.95 Å². The van der Waals surface area contributed by atoms with Gasteiger partial charge in [-0.05, 0) is 39.7 Å². The lowest BCUT2D eigenvalue weighted by atomic mass is 9.97. The maximum atomic E-state index is 9.20. The summed E-state index contributed by atoms with van der Waals surface area (Å²) in [5.41, 5.74) is 1.81. The molecule has 2 aliphatic rings. The summed E-state index contributed by atoms with van der Waals surface area (Å²) >= 11 is 0. The topological polar surface area (TPSA) is 127 Å². The molecule has 0 aliphatic carbocycles. The van der Waals surface area contributed by atoms with E-state index in [0.717, 1.165) is 39.0 Å². The third-order valence-corrected chi connectivity index (χ3v) is 6.88. The molecule has 0 spiro atoms. The van der Waals surface area contributed by atoms with E-state index in [1.807, 2.05) is 6.92 Å². The Morgan fingerprint density at radius 1 is 1.19 bits per heavy atom. The lowest BCUT2D eigenvalue weighted by molar-refractivity contribution is 0.124. The van der Waals surface area contributed by atoms with Crippen LogP contribution in [0.15, 0.2) is 18.6 Å². The average molecular weight is 497 g/mol. The van der Waals surface area contributed by atoms with Crippen LogP contribution in [0, 0.1) is 5.41 Å². The molecule has 2 unspecified atom stereocenters. The smallest absolute Gasteiger partial charge is 0.228 e. The van der Waals surface area contributed by atoms with Gasteiger partial charge in [0.15, 0.2) is 5.82 Å². The van der Waals surface area contributed by atoms with Crippen LogP contribution in [0.5, 0.6) is 0 Å². The standard InChI is InChI=1S/C25H40N10O/c1-4-36-15-12-29-23-22(20(26)16-35-18(2)6-5-7-19(35)3)32-25(34-13-10-27-11-14-34)33-24(23)31-21-8-9-28-17-30-21/h8-9,17-19,26-27,29H,4-7,10-16H2,1-3H3,(H,28,30,31,32,33). The first-order valence-corrected chi connectivity index (χ1v) is 13.1. The Morgan fingerprint density at radius 3 is 2.67 bits per heavy atom. The predicted octanol–water partition coefficient (Wildman–Crippen LogP) is 2.50. The molecule has 4 heterocycles. The van der Waals surface area contributed by atoms with Gasteiger partial charge in [-0.25, -0.2) is 15.0 Å². The van der Waals surface area contributed by atoms with Crippen molar-refractivity contribution in [1.29, 1.82) is 5.41 Å². The Morgan fingerprint density at radius 2 is 1.97 bits per heavy atom. The molecule has 11 nitrogen and oxygen atoms in total. The Kier molecular flexibility index (Phi) is 9.37. The Bertz CT molecular complexity index is 972. The molecule has 0 saturated carbocycles. The normalized spacial score (nSPS) is 20.8. The highest BCUT2D eigenvalue weighted by Crippen LogP contribution is 2.30. The molecule has 0 amide bonds. The van der Waals surface area contributed by atoms with Gasteiger partial charge in [0.05, 0.1) is 12.3 Å². The third-order valence-electron chi connectivity index (χ3n) is 6.88. The van der Waals surface area contributed by atoms with Crippen molar-refractivity contribution in [2.45, 2.75) is 52.1 Å². The van der Waals surface area contributed by atoms with Crippen LogP contribution in [0.2, 0.25) is 0 Å². The minimum Gasteiger partial charge on any atom is -0.380 e. The zero-order valence-corrected chi connectivity index (χ0v) is 21.8. The summed E-state index contributed by atoms with van der Waals surface area (Å²) in [6, 6.07) is 2.69. The highest BCUT2D eigenvalue weighted by atomic mass is 16.5. The van der Waals surface area contributed by atoms with Gasteiger partial charge in [-0.1, -0.05) is 6.42 Å². The van der Waals surface area contributed by atoms with E-state index < -0.39 is 0 Å². The molecule has 4 N–H and O–H groups in total. The lowest BCUT2D eigenvalue weighted by Gasteiger charge is -2.39. The summed E-state index contributed by atoms with van der Waals surface area (Å²) in [4.78, 5) is 22.8. The fourth-order valence-corrected chi connectivity index (χ4v) is 4.85. The van der Waals surface area contributed by atoms with Crippen LogP contribution < -0.4 is 20.9 Å². The van der Waals surface area contributed by atoms with Crippen LogP contribution in [0.4, 0.5) is 23.3 Å². The Hall–Kier alpha value is -2.89. The van der Waals surface area contributed by atoms with Crippen molar-refractivity contribution in [2.75, 3.05) is 68.0 Å². The number of hydrogen-bond acceptors (Lipinski definition) is 11. The summed E-state index contributed by atoms with van der Waals surface area (Å²) in [5, 5.41) is 19.4. The molecule has 2 atom stereocenters. The fourth-order valence-electron chi connectivity index (χ4n) is 4.85. The number of piperidine rings is 1. The van der Waals surface area contributed by atoms with E-state index in [1.54, 1.807) is 12.3 Å². The van der Waals surface area contributed by atoms with E-state index in [1.165, 1.54) is 12.7 Å². The number of nitrogens with zero attached hydrogens (tertiary/aromatic N) is 6. The van der Waals surface area contributed by atoms with Gasteiger partial charge in [0.25, 0.3) is 0 Å². The van der Waals surface area contributed by atoms with E-state index in [-0.39, 0.29) is 0 Å². The summed E-state index contributed by atoms with van der Waals surface area (Å²) < 4.78 is 5.56. The molecule has 2 fully saturated rings. The highest BCUT2D eigenvalue weighted by molar-refractivity contribution is 6.05. The molecule has 2 aromatic rings. The summed E-state index contributed by atoms with van der Waals surface area (Å²) in [5.74, 6) is 1.87. The van der Waals surface area contributed by atoms with Crippen LogP contribution in [-0.4, -0.2) is 95.1 Å². The highest BCUT2D eigenvalue weighted by Gasteiger charge is 2.28. The van der Waals surface area contributed by atoms with Crippen molar-refractivity contribution in [2.24, 2.45) is 0 Å². The maximum Gasteiger partial charge on any atom is 0.228 e. The molecule has 4 rings (SSSR count). The number of hydrogen-bond donors (Lipinski definition) is 4. The minimum atomic E-state index is 0.441. The van der Waals surface area contributed by atoms with Gasteiger partial charge >= 0.3 is 0 Å². The molecule has 2 aliphatic heterocycles. The predicted molar refractivity (Wildman–Crippen MR) is 144 cm³/mol. The summed E-state index contributed by atoms with van der Waals surface area (Å²) in [7, 11) is 0. The Balaban J connectivity index is 1.71. The van der Waals surface area contributed by atoms with Crippen molar-refractivity contribution in [3.8, 4) is 0 Å². The van der Waals surface area contributed by atoms with Crippen molar-refractivity contribution < 1.29 is 4.74 Å². The number of ether oxygens (including phenoxy) is 1. The number of rotatable bonds is 11. The first-order valence-electron chi connectivity index (χ1n) is 13.1. The third kappa shape index (κ3) is 6.65. The van der Waals surface area contributed by atoms with E-state index in [9.17, 15) is 5.41 Å². The minimum absolute atomic E-state index is 0.441. The van der Waals surface area contributed by atoms with Crippen LogP contribution in [0.25, 0.3) is 0 Å². The van der Waals surface area contributed by atoms with Crippen LogP contribution >= 0.6 is 0 Å². The van der Waals surface area contributed by atoms with Gasteiger partial charge in [-0.2, -0.15) is 4.98 Å². The van der Waals surface area contributed by atoms with E-state index >= 15 is 0 Å². The van der Waals surface area contributed by atoms with Crippen LogP contribution in [0.3, 0.4) is 0 Å². The molecule has 196 valence electrons. The molecule has 2 aromatic heterocycles. The quantitative estimate of drug-likeness (QED) is 0.272. The van der Waals surface area contributed by atoms with Gasteiger partial charge in [0.1, 0.15) is 23.5 Å². The molecular weight excluding hydrogens is 456 g/mol. The fraction of sp³-hybridized carbons (Fsp3) is 0.640. The van der Waals surface area contributed by atoms with Gasteiger partial charge < -0.3 is 31.0 Å². The largest absolute Gasteiger partial charge is 0.380 e. The van der Waals surface area contributed by atoms with E-state index in [2.05, 4.69) is 49.6 Å². The number of likely N-dealkylation sites (tertiary alicyclic amines) is 1. The second-order valence-electron chi connectivity index (χ2n) is 9.46. The van der Waals surface area contributed by atoms with Crippen molar-refractivity contribution >= 4 is 29.0 Å². The SMILES string of the molecule is CCOCCNc1c(Nc2ccncn2)nc(N2CCNCC2)nc1C(=N)CN1C(C)CCCC1C. The summed E-state index contributed by atoms with van der Waals surface area (Å²) in [6.07, 6.45) is 6.76. The number of nitrogens with one attached hydrogen (secondary N) is 4. The lowest BCUT2D eigenvalue weighted by Crippen LogP contribution is -2.46. The molecule has 0 aromatic carbocycles. The zero-order valence-electron chi connectivity index (χ0n) is 21.8. The van der Waals surface area contributed by atoms with Crippen LogP contribution in [-0.2, 0) is 4.74 Å². The second kappa shape index (κ2) is 12.9. The molecule has 0 radical (unpaired) electrons. The van der Waals surface area contributed by atoms with Gasteiger partial charge in [-0.3, -0.25) is 4.90 Å².